The Hall–Kier alpha value is -2.70. The maximum atomic E-state index is 13.3. The number of aryl methyl sites for hydroxylation is 1. The summed E-state index contributed by atoms with van der Waals surface area (Å²) in [5.74, 6) is -0.123. The standard InChI is InChI=1S/C22H23ClN4O2/c1-26-21(16-7-9-17(23)10-8-16)13-20(25-26)22(28)27(15-19-6-4-12-29-19)14-18-5-2-3-11-24-18/h2-3,5,7-11,13,19H,4,6,12,14-15H2,1H3. The molecule has 4 rings (SSSR count). The van der Waals surface area contributed by atoms with Crippen LogP contribution < -0.4 is 0 Å². The third-order valence-electron chi connectivity index (χ3n) is 5.05. The molecular formula is C22H23ClN4O2. The molecule has 3 heterocycles. The zero-order valence-corrected chi connectivity index (χ0v) is 17.0. The van der Waals surface area contributed by atoms with Crippen LogP contribution in [-0.4, -0.2) is 44.8 Å². The van der Waals surface area contributed by atoms with Crippen LogP contribution in [0.15, 0.2) is 54.7 Å². The van der Waals surface area contributed by atoms with E-state index in [0.717, 1.165) is 36.4 Å². The van der Waals surface area contributed by atoms with E-state index in [1.807, 2.05) is 55.6 Å². The first-order chi connectivity index (χ1) is 14.1. The number of hydrogen-bond acceptors (Lipinski definition) is 4. The van der Waals surface area contributed by atoms with E-state index in [1.165, 1.54) is 0 Å². The maximum absolute atomic E-state index is 13.3. The molecule has 7 heteroatoms. The summed E-state index contributed by atoms with van der Waals surface area (Å²) in [6, 6.07) is 15.0. The number of carbonyl (C=O) groups is 1. The van der Waals surface area contributed by atoms with Gasteiger partial charge in [-0.25, -0.2) is 0 Å². The van der Waals surface area contributed by atoms with E-state index in [4.69, 9.17) is 16.3 Å². The zero-order chi connectivity index (χ0) is 20.2. The number of hydrogen-bond donors (Lipinski definition) is 0. The predicted octanol–water partition coefficient (Wildman–Crippen LogP) is 3.96. The third-order valence-corrected chi connectivity index (χ3v) is 5.31. The van der Waals surface area contributed by atoms with Crippen LogP contribution >= 0.6 is 11.6 Å². The highest BCUT2D eigenvalue weighted by molar-refractivity contribution is 6.30. The zero-order valence-electron chi connectivity index (χ0n) is 16.3. The lowest BCUT2D eigenvalue weighted by Gasteiger charge is -2.24. The van der Waals surface area contributed by atoms with Crippen LogP contribution in [-0.2, 0) is 18.3 Å². The molecule has 29 heavy (non-hydrogen) atoms. The number of aromatic nitrogens is 3. The summed E-state index contributed by atoms with van der Waals surface area (Å²) < 4.78 is 7.49. The first kappa shape index (κ1) is 19.6. The normalized spacial score (nSPS) is 16.1. The van der Waals surface area contributed by atoms with E-state index in [9.17, 15) is 4.79 Å². The van der Waals surface area contributed by atoms with Gasteiger partial charge in [-0.15, -0.1) is 0 Å². The van der Waals surface area contributed by atoms with Gasteiger partial charge in [-0.3, -0.25) is 14.5 Å². The van der Waals surface area contributed by atoms with E-state index in [2.05, 4.69) is 10.1 Å². The van der Waals surface area contributed by atoms with Gasteiger partial charge in [-0.05, 0) is 48.7 Å². The molecule has 1 unspecified atom stereocenters. The highest BCUT2D eigenvalue weighted by Crippen LogP contribution is 2.23. The van der Waals surface area contributed by atoms with Crippen molar-refractivity contribution in [3.05, 3.63) is 71.1 Å². The largest absolute Gasteiger partial charge is 0.376 e. The van der Waals surface area contributed by atoms with Crippen molar-refractivity contribution in [2.24, 2.45) is 7.05 Å². The van der Waals surface area contributed by atoms with Gasteiger partial charge in [-0.1, -0.05) is 29.8 Å². The van der Waals surface area contributed by atoms with Crippen molar-refractivity contribution in [3.63, 3.8) is 0 Å². The monoisotopic (exact) mass is 410 g/mol. The SMILES string of the molecule is Cn1nc(C(=O)N(Cc2ccccn2)CC2CCCO2)cc1-c1ccc(Cl)cc1. The Balaban J connectivity index is 1.59. The fourth-order valence-electron chi connectivity index (χ4n) is 3.57. The second-order valence-corrected chi connectivity index (χ2v) is 7.62. The molecule has 1 aromatic carbocycles. The smallest absolute Gasteiger partial charge is 0.274 e. The third kappa shape index (κ3) is 4.66. The average Bonchev–Trinajstić information content (AvgIpc) is 3.38. The van der Waals surface area contributed by atoms with Crippen LogP contribution in [0.2, 0.25) is 5.02 Å². The maximum Gasteiger partial charge on any atom is 0.274 e. The number of carbonyl (C=O) groups excluding carboxylic acids is 1. The molecule has 2 aromatic heterocycles. The number of nitrogens with zero attached hydrogens (tertiary/aromatic N) is 4. The first-order valence-electron chi connectivity index (χ1n) is 9.71. The summed E-state index contributed by atoms with van der Waals surface area (Å²) in [7, 11) is 1.84. The Kier molecular flexibility index (Phi) is 5.92. The van der Waals surface area contributed by atoms with Crippen molar-refractivity contribution >= 4 is 17.5 Å². The summed E-state index contributed by atoms with van der Waals surface area (Å²) >= 11 is 5.99. The molecule has 1 aliphatic rings. The Morgan fingerprint density at radius 3 is 2.79 bits per heavy atom. The van der Waals surface area contributed by atoms with Gasteiger partial charge in [0.05, 0.1) is 24.0 Å². The van der Waals surface area contributed by atoms with Gasteiger partial charge >= 0.3 is 0 Å². The molecule has 1 amide bonds. The van der Waals surface area contributed by atoms with Gasteiger partial charge in [0.25, 0.3) is 5.91 Å². The minimum absolute atomic E-state index is 0.0575. The molecule has 0 aliphatic carbocycles. The molecule has 150 valence electrons. The minimum Gasteiger partial charge on any atom is -0.376 e. The van der Waals surface area contributed by atoms with Crippen molar-refractivity contribution in [3.8, 4) is 11.3 Å². The number of halogens is 1. The van der Waals surface area contributed by atoms with Gasteiger partial charge < -0.3 is 9.64 Å². The van der Waals surface area contributed by atoms with Gasteiger partial charge in [-0.2, -0.15) is 5.10 Å². The molecule has 1 saturated heterocycles. The van der Waals surface area contributed by atoms with Gasteiger partial charge in [0.1, 0.15) is 0 Å². The summed E-state index contributed by atoms with van der Waals surface area (Å²) in [6.07, 6.45) is 3.79. The number of ether oxygens (including phenoxy) is 1. The van der Waals surface area contributed by atoms with Crippen molar-refractivity contribution < 1.29 is 9.53 Å². The van der Waals surface area contributed by atoms with Crippen molar-refractivity contribution in [2.45, 2.75) is 25.5 Å². The van der Waals surface area contributed by atoms with Crippen molar-refractivity contribution in [2.75, 3.05) is 13.2 Å². The van der Waals surface area contributed by atoms with Crippen molar-refractivity contribution in [1.82, 2.24) is 19.7 Å². The van der Waals surface area contributed by atoms with Crippen LogP contribution in [0.25, 0.3) is 11.3 Å². The lowest BCUT2D eigenvalue weighted by Crippen LogP contribution is -2.37. The van der Waals surface area contributed by atoms with Crippen LogP contribution in [0.5, 0.6) is 0 Å². The Morgan fingerprint density at radius 2 is 2.10 bits per heavy atom. The molecule has 0 radical (unpaired) electrons. The molecule has 0 bridgehead atoms. The summed E-state index contributed by atoms with van der Waals surface area (Å²) in [5.41, 5.74) is 3.07. The van der Waals surface area contributed by atoms with Crippen LogP contribution in [0.4, 0.5) is 0 Å². The molecular weight excluding hydrogens is 388 g/mol. The van der Waals surface area contributed by atoms with Gasteiger partial charge in [0.15, 0.2) is 5.69 Å². The molecule has 1 fully saturated rings. The van der Waals surface area contributed by atoms with E-state index in [-0.39, 0.29) is 12.0 Å². The van der Waals surface area contributed by atoms with Gasteiger partial charge in [0.2, 0.25) is 0 Å². The highest BCUT2D eigenvalue weighted by atomic mass is 35.5. The molecule has 1 aliphatic heterocycles. The van der Waals surface area contributed by atoms with E-state index < -0.39 is 0 Å². The summed E-state index contributed by atoms with van der Waals surface area (Å²) in [4.78, 5) is 19.5. The van der Waals surface area contributed by atoms with E-state index in [0.29, 0.717) is 23.8 Å². The Labute approximate surface area is 175 Å². The second-order valence-electron chi connectivity index (χ2n) is 7.19. The minimum atomic E-state index is -0.123. The predicted molar refractivity (Wildman–Crippen MR) is 112 cm³/mol. The number of rotatable bonds is 6. The molecule has 3 aromatic rings. The van der Waals surface area contributed by atoms with E-state index in [1.54, 1.807) is 15.8 Å². The van der Waals surface area contributed by atoms with E-state index >= 15 is 0 Å². The molecule has 0 spiro atoms. The van der Waals surface area contributed by atoms with Crippen LogP contribution in [0, 0.1) is 0 Å². The fraction of sp³-hybridized carbons (Fsp3) is 0.318. The number of pyridine rings is 1. The van der Waals surface area contributed by atoms with Crippen molar-refractivity contribution in [1.29, 1.82) is 0 Å². The summed E-state index contributed by atoms with van der Waals surface area (Å²) in [6.45, 7) is 1.70. The van der Waals surface area contributed by atoms with Gasteiger partial charge in [0, 0.05) is 31.4 Å². The molecule has 6 nitrogen and oxygen atoms in total. The number of amides is 1. The quantitative estimate of drug-likeness (QED) is 0.617. The summed E-state index contributed by atoms with van der Waals surface area (Å²) in [5, 5.41) is 5.15. The molecule has 1 atom stereocenters. The number of benzene rings is 1. The first-order valence-corrected chi connectivity index (χ1v) is 10.1. The topological polar surface area (TPSA) is 60.2 Å². The Morgan fingerprint density at radius 1 is 1.28 bits per heavy atom. The highest BCUT2D eigenvalue weighted by Gasteiger charge is 2.26. The van der Waals surface area contributed by atoms with Crippen LogP contribution in [0.3, 0.4) is 0 Å². The van der Waals surface area contributed by atoms with Crippen LogP contribution in [0.1, 0.15) is 29.0 Å². The molecule has 0 saturated carbocycles. The second kappa shape index (κ2) is 8.76. The Bertz CT molecular complexity index is 966. The fourth-order valence-corrected chi connectivity index (χ4v) is 3.69. The average molecular weight is 411 g/mol. The lowest BCUT2D eigenvalue weighted by atomic mass is 10.1. The molecule has 0 N–H and O–H groups in total. The lowest BCUT2D eigenvalue weighted by molar-refractivity contribution is 0.0499.